The molecule has 2 N–H and O–H groups in total. The summed E-state index contributed by atoms with van der Waals surface area (Å²) < 4.78 is 47.3. The highest BCUT2D eigenvalue weighted by atomic mass is 19.4. The molecule has 0 spiro atoms. The molecule has 2 aliphatic heterocycles. The van der Waals surface area contributed by atoms with Crippen molar-refractivity contribution in [1.82, 2.24) is 20.1 Å². The van der Waals surface area contributed by atoms with E-state index in [1.54, 1.807) is 0 Å². The highest BCUT2D eigenvalue weighted by Crippen LogP contribution is 2.46. The van der Waals surface area contributed by atoms with Gasteiger partial charge in [-0.25, -0.2) is 9.78 Å². The fourth-order valence-electron chi connectivity index (χ4n) is 3.58. The molecule has 1 amide bonds. The van der Waals surface area contributed by atoms with Gasteiger partial charge in [0.25, 0.3) is 0 Å². The van der Waals surface area contributed by atoms with Gasteiger partial charge >= 0.3 is 12.3 Å². The van der Waals surface area contributed by atoms with Crippen molar-refractivity contribution in [3.8, 4) is 11.3 Å². The number of anilines is 1. The Morgan fingerprint density at radius 2 is 1.96 bits per heavy atom. The van der Waals surface area contributed by atoms with E-state index in [0.717, 1.165) is 24.0 Å². The minimum atomic E-state index is -4.78. The molecule has 28 heavy (non-hydrogen) atoms. The highest BCUT2D eigenvalue weighted by molar-refractivity contribution is 5.97. The van der Waals surface area contributed by atoms with Crippen LogP contribution in [0.25, 0.3) is 22.2 Å². The van der Waals surface area contributed by atoms with Gasteiger partial charge in [0, 0.05) is 30.2 Å². The van der Waals surface area contributed by atoms with Gasteiger partial charge in [-0.05, 0) is 12.1 Å². The first-order chi connectivity index (χ1) is 13.4. The summed E-state index contributed by atoms with van der Waals surface area (Å²) in [6.07, 6.45) is -7.02. The van der Waals surface area contributed by atoms with Gasteiger partial charge in [0.1, 0.15) is 11.5 Å². The molecule has 1 fully saturated rings. The number of aromatic nitrogens is 3. The molecular weight excluding hydrogens is 375 g/mol. The molecule has 0 unspecified atom stereocenters. The van der Waals surface area contributed by atoms with Crippen LogP contribution in [0.1, 0.15) is 17.7 Å². The Kier molecular flexibility index (Phi) is 3.60. The molecule has 7 nitrogen and oxygen atoms in total. The Labute approximate surface area is 156 Å². The van der Waals surface area contributed by atoms with E-state index in [1.807, 2.05) is 28.9 Å². The number of hydrogen-bond donors (Lipinski definition) is 2. The monoisotopic (exact) mass is 389 g/mol. The Morgan fingerprint density at radius 3 is 2.68 bits per heavy atom. The number of benzene rings is 1. The van der Waals surface area contributed by atoms with Gasteiger partial charge in [0.2, 0.25) is 6.10 Å². The number of alkyl halides is 3. The molecule has 144 valence electrons. The molecule has 2 aromatic heterocycles. The van der Waals surface area contributed by atoms with Crippen LogP contribution >= 0.6 is 0 Å². The van der Waals surface area contributed by atoms with Gasteiger partial charge in [-0.15, -0.1) is 0 Å². The van der Waals surface area contributed by atoms with Crippen molar-refractivity contribution < 1.29 is 22.7 Å². The minimum absolute atomic E-state index is 0.130. The van der Waals surface area contributed by atoms with Crippen LogP contribution in [0.4, 0.5) is 23.8 Å². The zero-order chi connectivity index (χ0) is 19.5. The van der Waals surface area contributed by atoms with Crippen molar-refractivity contribution >= 4 is 22.8 Å². The Bertz CT molecular complexity index is 1090. The normalized spacial score (nSPS) is 19.7. The molecule has 4 heterocycles. The summed E-state index contributed by atoms with van der Waals surface area (Å²) in [6.45, 7) is 1.48. The van der Waals surface area contributed by atoms with E-state index in [0.29, 0.717) is 5.69 Å². The van der Waals surface area contributed by atoms with Crippen molar-refractivity contribution in [2.24, 2.45) is 0 Å². The fraction of sp³-hybridized carbons (Fsp3) is 0.278. The van der Waals surface area contributed by atoms with E-state index < -0.39 is 18.4 Å². The number of hydrogen-bond acceptors (Lipinski definition) is 5. The van der Waals surface area contributed by atoms with Crippen LogP contribution in [0.3, 0.4) is 0 Å². The molecule has 5 rings (SSSR count). The van der Waals surface area contributed by atoms with E-state index in [2.05, 4.69) is 25.5 Å². The standard InChI is InChI=1S/C18H14F3N5O2/c19-18(20,21)15-13-11(5-6-23-16(13)24-17(27)28-15)14-10-3-1-2-4-12(10)26(25-14)9-7-22-8-9/h1-6,9,15,22H,7-8H2,(H,23,24,27)/t15-/m1/s1. The molecule has 0 bridgehead atoms. The highest BCUT2D eigenvalue weighted by Gasteiger charge is 2.49. The van der Waals surface area contributed by atoms with Crippen molar-refractivity contribution in [3.63, 3.8) is 0 Å². The van der Waals surface area contributed by atoms with Gasteiger partial charge in [-0.2, -0.15) is 18.3 Å². The quantitative estimate of drug-likeness (QED) is 0.702. The number of rotatable bonds is 2. The van der Waals surface area contributed by atoms with E-state index in [9.17, 15) is 18.0 Å². The number of fused-ring (bicyclic) bond motifs is 2. The number of carbonyl (C=O) groups is 1. The number of ether oxygens (including phenoxy) is 1. The number of amides is 1. The second kappa shape index (κ2) is 5.93. The fourth-order valence-corrected chi connectivity index (χ4v) is 3.58. The molecular formula is C18H14F3N5O2. The maximum absolute atomic E-state index is 13.6. The third-order valence-corrected chi connectivity index (χ3v) is 4.97. The zero-order valence-corrected chi connectivity index (χ0v) is 14.3. The third kappa shape index (κ3) is 2.52. The van der Waals surface area contributed by atoms with E-state index in [1.165, 1.54) is 12.3 Å². The van der Waals surface area contributed by atoms with Crippen LogP contribution in [0, 0.1) is 0 Å². The van der Waals surface area contributed by atoms with Gasteiger partial charge in [0.05, 0.1) is 17.1 Å². The first-order valence-electron chi connectivity index (χ1n) is 8.65. The van der Waals surface area contributed by atoms with Gasteiger partial charge < -0.3 is 10.1 Å². The number of halogens is 3. The Hall–Kier alpha value is -3.14. The van der Waals surface area contributed by atoms with Crippen LogP contribution in [-0.2, 0) is 4.74 Å². The predicted molar refractivity (Wildman–Crippen MR) is 93.8 cm³/mol. The lowest BCUT2D eigenvalue weighted by molar-refractivity contribution is -0.206. The number of cyclic esters (lactones) is 1. The summed E-state index contributed by atoms with van der Waals surface area (Å²) in [4.78, 5) is 15.5. The summed E-state index contributed by atoms with van der Waals surface area (Å²) in [5.41, 5.74) is 1.22. The smallest absolute Gasteiger partial charge is 0.430 e. The summed E-state index contributed by atoms with van der Waals surface area (Å²) in [6, 6.07) is 8.97. The van der Waals surface area contributed by atoms with Crippen LogP contribution in [0.15, 0.2) is 36.5 Å². The van der Waals surface area contributed by atoms with Crippen LogP contribution < -0.4 is 10.6 Å². The molecule has 2 aliphatic rings. The lowest BCUT2D eigenvalue weighted by Gasteiger charge is -2.29. The maximum Gasteiger partial charge on any atom is 0.430 e. The Balaban J connectivity index is 1.76. The predicted octanol–water partition coefficient (Wildman–Crippen LogP) is 3.41. The number of pyridine rings is 1. The number of nitrogens with one attached hydrogen (secondary N) is 2. The molecule has 3 aromatic rings. The topological polar surface area (TPSA) is 81.1 Å². The van der Waals surface area contributed by atoms with Crippen molar-refractivity contribution in [3.05, 3.63) is 42.1 Å². The van der Waals surface area contributed by atoms with Gasteiger partial charge in [-0.1, -0.05) is 18.2 Å². The number of para-hydroxylation sites is 1. The van der Waals surface area contributed by atoms with Crippen molar-refractivity contribution in [2.75, 3.05) is 18.4 Å². The van der Waals surface area contributed by atoms with Crippen molar-refractivity contribution in [2.45, 2.75) is 18.3 Å². The van der Waals surface area contributed by atoms with Gasteiger partial charge in [-0.3, -0.25) is 10.00 Å². The molecule has 1 aromatic carbocycles. The summed E-state index contributed by atoms with van der Waals surface area (Å²) >= 11 is 0. The van der Waals surface area contributed by atoms with E-state index in [4.69, 9.17) is 0 Å². The number of carbonyl (C=O) groups excluding carboxylic acids is 1. The first kappa shape index (κ1) is 17.0. The maximum atomic E-state index is 13.6. The second-order valence-corrected chi connectivity index (χ2v) is 6.70. The second-order valence-electron chi connectivity index (χ2n) is 6.70. The molecule has 0 aliphatic carbocycles. The van der Waals surface area contributed by atoms with Crippen LogP contribution in [-0.4, -0.2) is 40.1 Å². The Morgan fingerprint density at radius 1 is 1.18 bits per heavy atom. The summed E-state index contributed by atoms with van der Waals surface area (Å²) in [5, 5.41) is 10.8. The summed E-state index contributed by atoms with van der Waals surface area (Å²) in [7, 11) is 0. The number of nitrogens with zero attached hydrogens (tertiary/aromatic N) is 3. The lowest BCUT2D eigenvalue weighted by Crippen LogP contribution is -2.43. The molecule has 10 heteroatoms. The van der Waals surface area contributed by atoms with Crippen LogP contribution in [0.5, 0.6) is 0 Å². The third-order valence-electron chi connectivity index (χ3n) is 4.97. The lowest BCUT2D eigenvalue weighted by atomic mass is 9.97. The molecule has 1 saturated heterocycles. The molecule has 0 radical (unpaired) electrons. The van der Waals surface area contributed by atoms with Gasteiger partial charge in [0.15, 0.2) is 0 Å². The van der Waals surface area contributed by atoms with Crippen molar-refractivity contribution in [1.29, 1.82) is 0 Å². The van der Waals surface area contributed by atoms with E-state index >= 15 is 0 Å². The largest absolute Gasteiger partial charge is 0.431 e. The zero-order valence-electron chi connectivity index (χ0n) is 14.3. The average Bonchev–Trinajstić information content (AvgIpc) is 2.97. The van der Waals surface area contributed by atoms with E-state index in [-0.39, 0.29) is 23.0 Å². The SMILES string of the molecule is O=C1Nc2nccc(-c3nn(C4CNC4)c4ccccc34)c2[C@H](C(F)(F)F)O1. The summed E-state index contributed by atoms with van der Waals surface area (Å²) in [5.74, 6) is -0.167. The molecule has 1 atom stereocenters. The molecule has 0 saturated carbocycles. The first-order valence-corrected chi connectivity index (χ1v) is 8.65. The average molecular weight is 389 g/mol. The minimum Gasteiger partial charge on any atom is -0.431 e. The van der Waals surface area contributed by atoms with Crippen LogP contribution in [0.2, 0.25) is 0 Å².